The molecule has 14 heteroatoms. The fourth-order valence-corrected chi connectivity index (χ4v) is 4.63. The molecule has 0 atom stereocenters. The fourth-order valence-electron chi connectivity index (χ4n) is 3.83. The lowest BCUT2D eigenvalue weighted by Crippen LogP contribution is -2.45. The Labute approximate surface area is 213 Å². The van der Waals surface area contributed by atoms with E-state index in [9.17, 15) is 27.2 Å². The topological polar surface area (TPSA) is 112 Å². The number of hydrogen-bond donors (Lipinski definition) is 3. The van der Waals surface area contributed by atoms with Crippen LogP contribution in [0.25, 0.3) is 0 Å². The van der Waals surface area contributed by atoms with Crippen LogP contribution in [0.15, 0.2) is 30.6 Å². The number of anilines is 3. The van der Waals surface area contributed by atoms with E-state index >= 15 is 0 Å². The summed E-state index contributed by atoms with van der Waals surface area (Å²) in [6.45, 7) is 2.31. The average molecular weight is 538 g/mol. The summed E-state index contributed by atoms with van der Waals surface area (Å²) in [6.07, 6.45) is 1.34. The zero-order chi connectivity index (χ0) is 26.5. The van der Waals surface area contributed by atoms with E-state index in [2.05, 4.69) is 30.3 Å². The predicted octanol–water partition coefficient (Wildman–Crippen LogP) is 3.97. The van der Waals surface area contributed by atoms with Crippen LogP contribution < -0.4 is 16.0 Å². The molecule has 1 saturated heterocycles. The van der Waals surface area contributed by atoms with E-state index in [4.69, 9.17) is 0 Å². The number of carbonyl (C=O) groups excluding carboxylic acids is 2. The Morgan fingerprint density at radius 2 is 1.86 bits per heavy atom. The number of likely N-dealkylation sites (tertiary alicyclic amines) is 1. The molecule has 4 rings (SSSR count). The van der Waals surface area contributed by atoms with Crippen LogP contribution in [-0.2, 0) is 0 Å². The number of carbonyl (C=O) groups is 2. The summed E-state index contributed by atoms with van der Waals surface area (Å²) in [5, 5.41) is 8.64. The van der Waals surface area contributed by atoms with Gasteiger partial charge in [0, 0.05) is 30.9 Å². The third kappa shape index (κ3) is 6.77. The van der Waals surface area contributed by atoms with Crippen LogP contribution in [0.2, 0.25) is 0 Å². The quantitative estimate of drug-likeness (QED) is 0.373. The second-order valence-electron chi connectivity index (χ2n) is 8.41. The molecule has 37 heavy (non-hydrogen) atoms. The first-order valence-electron chi connectivity index (χ1n) is 11.3. The van der Waals surface area contributed by atoms with Crippen LogP contribution in [0.4, 0.5) is 34.1 Å². The van der Waals surface area contributed by atoms with Crippen molar-refractivity contribution in [1.29, 1.82) is 0 Å². The van der Waals surface area contributed by atoms with Gasteiger partial charge in [-0.15, -0.1) is 0 Å². The highest BCUT2D eigenvalue weighted by Gasteiger charge is 2.24. The first kappa shape index (κ1) is 26.4. The van der Waals surface area contributed by atoms with Crippen molar-refractivity contribution in [3.8, 4) is 0 Å². The molecule has 1 aliphatic rings. The lowest BCUT2D eigenvalue weighted by Gasteiger charge is -2.31. The molecule has 0 radical (unpaired) electrons. The average Bonchev–Trinajstić information content (AvgIpc) is 3.22. The molecule has 0 aliphatic carbocycles. The van der Waals surface area contributed by atoms with Crippen molar-refractivity contribution in [2.45, 2.75) is 32.2 Å². The molecule has 3 aromatic rings. The van der Waals surface area contributed by atoms with Crippen molar-refractivity contribution >= 4 is 39.9 Å². The Hall–Kier alpha value is -3.65. The van der Waals surface area contributed by atoms with Gasteiger partial charge in [0.25, 0.3) is 18.2 Å². The standard InChI is InChI=1S/C23H23F4N7O2S/c1-12-20(22(36)31-14-2-3-15(24)16(25)8-14)23(37-33-12)32-19-10-28-17(9-29-19)21(35)30-13-4-6-34(7-5-13)11-18(26)27/h2-3,8-10,13,18H,4-7,11H2,1H3,(H,29,32)(H,30,35)(H,31,36). The lowest BCUT2D eigenvalue weighted by molar-refractivity contribution is 0.0695. The Kier molecular flexibility index (Phi) is 8.28. The van der Waals surface area contributed by atoms with Crippen LogP contribution in [0.1, 0.15) is 39.4 Å². The number of amides is 2. The van der Waals surface area contributed by atoms with Crippen LogP contribution in [0.5, 0.6) is 0 Å². The molecule has 3 heterocycles. The molecule has 1 aromatic carbocycles. The van der Waals surface area contributed by atoms with Crippen molar-refractivity contribution in [3.05, 3.63) is 59.2 Å². The van der Waals surface area contributed by atoms with Crippen LogP contribution >= 0.6 is 11.5 Å². The minimum atomic E-state index is -2.38. The highest BCUT2D eigenvalue weighted by atomic mass is 32.1. The van der Waals surface area contributed by atoms with Crippen LogP contribution in [-0.4, -0.2) is 63.2 Å². The van der Waals surface area contributed by atoms with Gasteiger partial charge >= 0.3 is 0 Å². The molecule has 1 aliphatic heterocycles. The SMILES string of the molecule is Cc1nsc(Nc2cnc(C(=O)NC3CCN(CC(F)F)CC3)cn2)c1C(=O)Nc1ccc(F)c(F)c1. The second kappa shape index (κ2) is 11.6. The third-order valence-corrected chi connectivity index (χ3v) is 6.57. The number of nitrogens with one attached hydrogen (secondary N) is 3. The number of aromatic nitrogens is 3. The van der Waals surface area contributed by atoms with Gasteiger partial charge in [0.2, 0.25) is 0 Å². The van der Waals surface area contributed by atoms with Gasteiger partial charge in [-0.3, -0.25) is 14.5 Å². The van der Waals surface area contributed by atoms with Gasteiger partial charge in [-0.2, -0.15) is 4.37 Å². The number of benzene rings is 1. The molecule has 3 N–H and O–H groups in total. The smallest absolute Gasteiger partial charge is 0.271 e. The predicted molar refractivity (Wildman–Crippen MR) is 129 cm³/mol. The number of alkyl halides is 2. The highest BCUT2D eigenvalue weighted by Crippen LogP contribution is 2.28. The maximum Gasteiger partial charge on any atom is 0.271 e. The Morgan fingerprint density at radius 1 is 1.11 bits per heavy atom. The summed E-state index contributed by atoms with van der Waals surface area (Å²) in [5.74, 6) is -2.87. The van der Waals surface area contributed by atoms with E-state index in [1.165, 1.54) is 18.5 Å². The molecule has 1 fully saturated rings. The molecule has 2 amide bonds. The van der Waals surface area contributed by atoms with Gasteiger partial charge in [0.05, 0.1) is 30.2 Å². The molecule has 9 nitrogen and oxygen atoms in total. The van der Waals surface area contributed by atoms with Crippen molar-refractivity contribution in [2.75, 3.05) is 30.3 Å². The van der Waals surface area contributed by atoms with Gasteiger partial charge < -0.3 is 16.0 Å². The third-order valence-electron chi connectivity index (χ3n) is 5.71. The van der Waals surface area contributed by atoms with E-state index < -0.39 is 29.9 Å². The van der Waals surface area contributed by atoms with Gasteiger partial charge in [0.15, 0.2) is 11.6 Å². The molecule has 0 bridgehead atoms. The monoisotopic (exact) mass is 537 g/mol. The summed E-state index contributed by atoms with van der Waals surface area (Å²) < 4.78 is 55.8. The summed E-state index contributed by atoms with van der Waals surface area (Å²) in [5.41, 5.74) is 0.764. The second-order valence-corrected chi connectivity index (χ2v) is 9.18. The maximum absolute atomic E-state index is 13.5. The van der Waals surface area contributed by atoms with Gasteiger partial charge in [-0.1, -0.05) is 0 Å². The Morgan fingerprint density at radius 3 is 2.51 bits per heavy atom. The molecular formula is C23H23F4N7O2S. The van der Waals surface area contributed by atoms with Crippen molar-refractivity contribution in [2.24, 2.45) is 0 Å². The number of halogens is 4. The molecule has 0 spiro atoms. The van der Waals surface area contributed by atoms with Crippen molar-refractivity contribution in [1.82, 2.24) is 24.6 Å². The summed E-state index contributed by atoms with van der Waals surface area (Å²) in [4.78, 5) is 35.3. The first-order valence-corrected chi connectivity index (χ1v) is 12.1. The minimum absolute atomic E-state index is 0.0790. The largest absolute Gasteiger partial charge is 0.348 e. The van der Waals surface area contributed by atoms with E-state index in [1.807, 2.05) is 0 Å². The number of hydrogen-bond acceptors (Lipinski definition) is 8. The van der Waals surface area contributed by atoms with Crippen molar-refractivity contribution in [3.63, 3.8) is 0 Å². The van der Waals surface area contributed by atoms with E-state index in [0.29, 0.717) is 36.6 Å². The number of piperidine rings is 1. The molecular weight excluding hydrogens is 514 g/mol. The normalized spacial score (nSPS) is 14.5. The van der Waals surface area contributed by atoms with E-state index in [0.717, 1.165) is 23.7 Å². The molecule has 196 valence electrons. The number of aryl methyl sites for hydroxylation is 1. The zero-order valence-corrected chi connectivity index (χ0v) is 20.4. The molecule has 0 unspecified atom stereocenters. The highest BCUT2D eigenvalue weighted by molar-refractivity contribution is 7.10. The zero-order valence-electron chi connectivity index (χ0n) is 19.6. The van der Waals surface area contributed by atoms with Gasteiger partial charge in [0.1, 0.15) is 16.5 Å². The number of nitrogens with zero attached hydrogens (tertiary/aromatic N) is 4. The first-order chi connectivity index (χ1) is 17.7. The fraction of sp³-hybridized carbons (Fsp3) is 0.348. The molecule has 2 aromatic heterocycles. The van der Waals surface area contributed by atoms with Crippen LogP contribution in [0, 0.1) is 18.6 Å². The van der Waals surface area contributed by atoms with Crippen LogP contribution in [0.3, 0.4) is 0 Å². The molecule has 0 saturated carbocycles. The van der Waals surface area contributed by atoms with Crippen molar-refractivity contribution < 1.29 is 27.2 Å². The van der Waals surface area contributed by atoms with Gasteiger partial charge in [-0.05, 0) is 43.4 Å². The lowest BCUT2D eigenvalue weighted by atomic mass is 10.0. The summed E-state index contributed by atoms with van der Waals surface area (Å²) in [7, 11) is 0. The summed E-state index contributed by atoms with van der Waals surface area (Å²) in [6, 6.07) is 2.88. The maximum atomic E-state index is 13.5. The van der Waals surface area contributed by atoms with E-state index in [-0.39, 0.29) is 35.3 Å². The van der Waals surface area contributed by atoms with E-state index in [1.54, 1.807) is 11.8 Å². The minimum Gasteiger partial charge on any atom is -0.348 e. The Balaban J connectivity index is 1.36. The Bertz CT molecular complexity index is 1260. The number of rotatable bonds is 8. The van der Waals surface area contributed by atoms with Gasteiger partial charge in [-0.25, -0.2) is 27.5 Å². The summed E-state index contributed by atoms with van der Waals surface area (Å²) >= 11 is 0.999.